The lowest BCUT2D eigenvalue weighted by Gasteiger charge is -2.21. The summed E-state index contributed by atoms with van der Waals surface area (Å²) in [5, 5.41) is 16.4. The predicted molar refractivity (Wildman–Crippen MR) is 286 cm³/mol. The van der Waals surface area contributed by atoms with Crippen LogP contribution in [-0.4, -0.2) is 18.4 Å². The first-order chi connectivity index (χ1) is 32.5. The molecule has 15 rings (SSSR count). The van der Waals surface area contributed by atoms with E-state index in [1.807, 2.05) is 0 Å². The molecule has 0 atom stereocenters. The summed E-state index contributed by atoms with van der Waals surface area (Å²) in [6.07, 6.45) is 0. The molecule has 6 aromatic heterocycles. The van der Waals surface area contributed by atoms with Gasteiger partial charge in [-0.25, -0.2) is 4.98 Å². The van der Waals surface area contributed by atoms with E-state index in [1.165, 1.54) is 125 Å². The van der Waals surface area contributed by atoms with Crippen LogP contribution < -0.4 is 0 Å². The molecule has 0 fully saturated rings. The van der Waals surface area contributed by atoms with Crippen molar-refractivity contribution in [1.82, 2.24) is 18.4 Å². The zero-order valence-electron chi connectivity index (χ0n) is 38.5. The fourth-order valence-electron chi connectivity index (χ4n) is 12.1. The summed E-state index contributed by atoms with van der Waals surface area (Å²) in [6.45, 7) is 14.0. The molecule has 0 saturated carbocycles. The van der Waals surface area contributed by atoms with E-state index >= 15 is 0 Å². The van der Waals surface area contributed by atoms with Crippen LogP contribution in [0, 0.1) is 0 Å². The average Bonchev–Trinajstić information content (AvgIpc) is 4.12. The molecule has 4 heteroatoms. The molecule has 0 bridgehead atoms. The van der Waals surface area contributed by atoms with Crippen LogP contribution in [0.3, 0.4) is 0 Å². The van der Waals surface area contributed by atoms with Crippen molar-refractivity contribution in [2.24, 2.45) is 0 Å². The minimum atomic E-state index is -0.0929. The molecule has 0 N–H and O–H groups in total. The molecule has 0 radical (unpaired) electrons. The third-order valence-corrected chi connectivity index (χ3v) is 15.3. The van der Waals surface area contributed by atoms with Gasteiger partial charge in [-0.3, -0.25) is 4.40 Å². The van der Waals surface area contributed by atoms with Gasteiger partial charge in [0.05, 0.1) is 44.1 Å². The molecular formula is C63H46N4. The lowest BCUT2D eigenvalue weighted by atomic mass is 9.83. The molecule has 4 nitrogen and oxygen atoms in total. The molecule has 318 valence electrons. The van der Waals surface area contributed by atoms with Gasteiger partial charge in [0.25, 0.3) is 0 Å². The summed E-state index contributed by atoms with van der Waals surface area (Å²) in [6, 6.07) is 64.0. The Kier molecular flexibility index (Phi) is 6.94. The normalized spacial score (nSPS) is 13.2. The number of para-hydroxylation sites is 2. The Morgan fingerprint density at radius 2 is 1.00 bits per heavy atom. The smallest absolute Gasteiger partial charge is 0.146 e. The quantitative estimate of drug-likeness (QED) is 0.170. The predicted octanol–water partition coefficient (Wildman–Crippen LogP) is 17.0. The fourth-order valence-corrected chi connectivity index (χ4v) is 12.1. The molecular weight excluding hydrogens is 813 g/mol. The molecule has 0 saturated heterocycles. The zero-order chi connectivity index (χ0) is 44.8. The van der Waals surface area contributed by atoms with Gasteiger partial charge in [-0.2, -0.15) is 0 Å². The van der Waals surface area contributed by atoms with E-state index < -0.39 is 0 Å². The maximum atomic E-state index is 5.96. The van der Waals surface area contributed by atoms with Crippen LogP contribution in [0.25, 0.3) is 137 Å². The van der Waals surface area contributed by atoms with Gasteiger partial charge in [0.2, 0.25) is 0 Å². The van der Waals surface area contributed by atoms with Crippen molar-refractivity contribution >= 4 is 120 Å². The maximum absolute atomic E-state index is 5.96. The lowest BCUT2D eigenvalue weighted by molar-refractivity contribution is 0.591. The number of hydrogen-bond donors (Lipinski definition) is 0. The first-order valence-electron chi connectivity index (χ1n) is 23.7. The third kappa shape index (κ3) is 4.79. The number of aromatic nitrogens is 4. The van der Waals surface area contributed by atoms with Gasteiger partial charge in [0.15, 0.2) is 0 Å². The number of benzene rings is 9. The SMILES string of the molecule is CC(C)(C)c1cc(-c2ccc3c(c2)c2ccccc2n3-c2ccccc2)c2c(c1)c1c3ccccc3cc3c4cc5c(nc4n2c31)c1cc(C(C)(C)C)cc2c3c4ccccc4ccc3n5c12. The summed E-state index contributed by atoms with van der Waals surface area (Å²) in [5.41, 5.74) is 16.6. The molecule has 0 spiro atoms. The van der Waals surface area contributed by atoms with Crippen LogP contribution in [0.4, 0.5) is 0 Å². The number of pyridine rings is 1. The van der Waals surface area contributed by atoms with Crippen molar-refractivity contribution in [3.63, 3.8) is 0 Å². The molecule has 0 aliphatic rings. The Morgan fingerprint density at radius 1 is 0.373 bits per heavy atom. The van der Waals surface area contributed by atoms with E-state index in [4.69, 9.17) is 4.98 Å². The van der Waals surface area contributed by atoms with Crippen LogP contribution in [0.1, 0.15) is 52.7 Å². The minimum Gasteiger partial charge on any atom is -0.309 e. The summed E-state index contributed by atoms with van der Waals surface area (Å²) >= 11 is 0. The first-order valence-corrected chi connectivity index (χ1v) is 23.7. The van der Waals surface area contributed by atoms with E-state index in [0.717, 1.165) is 22.4 Å². The monoisotopic (exact) mass is 858 g/mol. The van der Waals surface area contributed by atoms with Gasteiger partial charge in [0, 0.05) is 59.7 Å². The second-order valence-corrected chi connectivity index (χ2v) is 21.2. The minimum absolute atomic E-state index is 0.0590. The van der Waals surface area contributed by atoms with Crippen LogP contribution in [0.5, 0.6) is 0 Å². The van der Waals surface area contributed by atoms with Gasteiger partial charge in [0.1, 0.15) is 5.65 Å². The highest BCUT2D eigenvalue weighted by atomic mass is 15.0. The van der Waals surface area contributed by atoms with Crippen molar-refractivity contribution in [3.8, 4) is 16.8 Å². The summed E-state index contributed by atoms with van der Waals surface area (Å²) < 4.78 is 7.48. The summed E-state index contributed by atoms with van der Waals surface area (Å²) in [4.78, 5) is 5.96. The summed E-state index contributed by atoms with van der Waals surface area (Å²) in [7, 11) is 0. The van der Waals surface area contributed by atoms with Crippen molar-refractivity contribution < 1.29 is 0 Å². The maximum Gasteiger partial charge on any atom is 0.146 e. The molecule has 0 amide bonds. The third-order valence-electron chi connectivity index (χ3n) is 15.3. The topological polar surface area (TPSA) is 26.6 Å². The van der Waals surface area contributed by atoms with Crippen LogP contribution in [0.2, 0.25) is 0 Å². The second kappa shape index (κ2) is 12.5. The van der Waals surface area contributed by atoms with Crippen molar-refractivity contribution in [2.75, 3.05) is 0 Å². The highest BCUT2D eigenvalue weighted by Gasteiger charge is 2.29. The van der Waals surface area contributed by atoms with Gasteiger partial charge in [-0.15, -0.1) is 0 Å². The largest absolute Gasteiger partial charge is 0.309 e. The molecule has 0 unspecified atom stereocenters. The Labute approximate surface area is 386 Å². The van der Waals surface area contributed by atoms with Crippen molar-refractivity contribution in [1.29, 1.82) is 0 Å². The van der Waals surface area contributed by atoms with E-state index in [2.05, 4.69) is 225 Å². The molecule has 0 aliphatic heterocycles. The van der Waals surface area contributed by atoms with Gasteiger partial charge >= 0.3 is 0 Å². The molecule has 15 aromatic rings. The van der Waals surface area contributed by atoms with Gasteiger partial charge in [-0.05, 0) is 122 Å². The highest BCUT2D eigenvalue weighted by molar-refractivity contribution is 6.34. The first kappa shape index (κ1) is 37.3. The number of fused-ring (bicyclic) bond motifs is 19. The fraction of sp³-hybridized carbons (Fsp3) is 0.127. The Hall–Kier alpha value is -7.95. The number of nitrogens with zero attached hydrogens (tertiary/aromatic N) is 4. The lowest BCUT2D eigenvalue weighted by Crippen LogP contribution is -2.11. The standard InChI is InChI=1S/C63H46N4/c1-62(2,3)38-30-44(37-25-26-52-45(28-37)43-22-14-15-23-51(43)65(52)40-18-8-7-9-19-40)58-49(32-38)56-42-21-13-11-17-36(42)29-46-47-34-54-57(64-61(47)67(58)60(46)56)50-33-39(63(4,5)6)31-48-55-41-20-12-10-16-35(41)24-27-53(55)66(54)59(48)50/h7-34H,1-6H3. The van der Waals surface area contributed by atoms with E-state index in [1.54, 1.807) is 0 Å². The molecule has 67 heavy (non-hydrogen) atoms. The van der Waals surface area contributed by atoms with Crippen LogP contribution in [0.15, 0.2) is 170 Å². The van der Waals surface area contributed by atoms with E-state index in [-0.39, 0.29) is 10.8 Å². The van der Waals surface area contributed by atoms with Gasteiger partial charge < -0.3 is 8.97 Å². The Bertz CT molecular complexity index is 4620. The van der Waals surface area contributed by atoms with E-state index in [9.17, 15) is 0 Å². The van der Waals surface area contributed by atoms with Crippen LogP contribution in [-0.2, 0) is 10.8 Å². The van der Waals surface area contributed by atoms with Gasteiger partial charge in [-0.1, -0.05) is 139 Å². The average molecular weight is 859 g/mol. The molecule has 0 aliphatic carbocycles. The molecule has 9 aromatic carbocycles. The second-order valence-electron chi connectivity index (χ2n) is 21.2. The van der Waals surface area contributed by atoms with Crippen molar-refractivity contribution in [3.05, 3.63) is 181 Å². The highest BCUT2D eigenvalue weighted by Crippen LogP contribution is 2.50. The summed E-state index contributed by atoms with van der Waals surface area (Å²) in [5.74, 6) is 0. The van der Waals surface area contributed by atoms with E-state index in [0.29, 0.717) is 0 Å². The Morgan fingerprint density at radius 3 is 1.78 bits per heavy atom. The van der Waals surface area contributed by atoms with Crippen molar-refractivity contribution in [2.45, 2.75) is 52.4 Å². The zero-order valence-corrected chi connectivity index (χ0v) is 38.5. The Balaban J connectivity index is 1.13. The number of rotatable bonds is 2. The molecule has 6 heterocycles. The van der Waals surface area contributed by atoms with Crippen LogP contribution >= 0.6 is 0 Å². The number of hydrogen-bond acceptors (Lipinski definition) is 1.